The molecule has 0 aliphatic heterocycles. The Kier molecular flexibility index (Phi) is 3.09. The molecule has 4 N–H and O–H groups in total. The second kappa shape index (κ2) is 4.02. The summed E-state index contributed by atoms with van der Waals surface area (Å²) in [4.78, 5) is 10.9. The average molecular weight is 226 g/mol. The van der Waals surface area contributed by atoms with Gasteiger partial charge in [-0.1, -0.05) is 0 Å². The van der Waals surface area contributed by atoms with Crippen molar-refractivity contribution in [1.82, 2.24) is 0 Å². The number of aromatic carboxylic acids is 1. The SMILES string of the molecule is CC(C)(O)Cc1c(C(=O)O)ccc(O)c1O. The van der Waals surface area contributed by atoms with Gasteiger partial charge < -0.3 is 20.4 Å². The Morgan fingerprint density at radius 3 is 2.31 bits per heavy atom. The lowest BCUT2D eigenvalue weighted by Gasteiger charge is -2.19. The van der Waals surface area contributed by atoms with E-state index in [1.165, 1.54) is 19.9 Å². The molecule has 0 atom stereocenters. The number of carbonyl (C=O) groups is 1. The maximum absolute atomic E-state index is 10.9. The number of aliphatic hydroxyl groups is 1. The molecule has 88 valence electrons. The van der Waals surface area contributed by atoms with Crippen LogP contribution in [0.25, 0.3) is 0 Å². The molecule has 0 spiro atoms. The number of carboxylic acid groups (broad SMARTS) is 1. The number of benzene rings is 1. The molecule has 1 rings (SSSR count). The van der Waals surface area contributed by atoms with Crippen LogP contribution in [0.3, 0.4) is 0 Å². The molecule has 0 aliphatic rings. The molecule has 0 heterocycles. The Morgan fingerprint density at radius 1 is 1.31 bits per heavy atom. The molecule has 5 heteroatoms. The molecule has 0 aromatic heterocycles. The second-order valence-electron chi connectivity index (χ2n) is 4.25. The molecule has 0 aliphatic carbocycles. The second-order valence-corrected chi connectivity index (χ2v) is 4.25. The predicted molar refractivity (Wildman–Crippen MR) is 56.7 cm³/mol. The van der Waals surface area contributed by atoms with Gasteiger partial charge in [-0.2, -0.15) is 0 Å². The summed E-state index contributed by atoms with van der Waals surface area (Å²) in [5.41, 5.74) is -1.27. The third-order valence-corrected chi connectivity index (χ3v) is 2.10. The molecular formula is C11H14O5. The molecule has 0 bridgehead atoms. The highest BCUT2D eigenvalue weighted by Gasteiger charge is 2.23. The van der Waals surface area contributed by atoms with E-state index < -0.39 is 23.1 Å². The zero-order valence-electron chi connectivity index (χ0n) is 9.06. The van der Waals surface area contributed by atoms with E-state index in [0.717, 1.165) is 6.07 Å². The van der Waals surface area contributed by atoms with E-state index in [9.17, 15) is 20.1 Å². The summed E-state index contributed by atoms with van der Waals surface area (Å²) in [6, 6.07) is 2.30. The van der Waals surface area contributed by atoms with Crippen LogP contribution in [-0.2, 0) is 6.42 Å². The molecule has 0 amide bonds. The maximum atomic E-state index is 10.9. The Labute approximate surface area is 92.6 Å². The lowest BCUT2D eigenvalue weighted by Crippen LogP contribution is -2.23. The first-order chi connectivity index (χ1) is 7.22. The van der Waals surface area contributed by atoms with Gasteiger partial charge in [0.15, 0.2) is 11.5 Å². The van der Waals surface area contributed by atoms with Crippen LogP contribution in [0.4, 0.5) is 0 Å². The highest BCUT2D eigenvalue weighted by atomic mass is 16.4. The van der Waals surface area contributed by atoms with Crippen molar-refractivity contribution < 1.29 is 25.2 Å². The number of carboxylic acids is 1. The van der Waals surface area contributed by atoms with Crippen molar-refractivity contribution in [3.05, 3.63) is 23.3 Å². The summed E-state index contributed by atoms with van der Waals surface area (Å²) in [7, 11) is 0. The van der Waals surface area contributed by atoms with Crippen molar-refractivity contribution in [2.45, 2.75) is 25.9 Å². The number of phenols is 2. The van der Waals surface area contributed by atoms with E-state index in [0.29, 0.717) is 0 Å². The van der Waals surface area contributed by atoms with Crippen LogP contribution in [0, 0.1) is 0 Å². The van der Waals surface area contributed by atoms with Gasteiger partial charge in [0, 0.05) is 12.0 Å². The van der Waals surface area contributed by atoms with Gasteiger partial charge in [0.2, 0.25) is 0 Å². The monoisotopic (exact) mass is 226 g/mol. The molecule has 1 aromatic rings. The minimum Gasteiger partial charge on any atom is -0.504 e. The van der Waals surface area contributed by atoms with Gasteiger partial charge in [-0.15, -0.1) is 0 Å². The zero-order valence-corrected chi connectivity index (χ0v) is 9.06. The quantitative estimate of drug-likeness (QED) is 0.579. The Morgan fingerprint density at radius 2 is 1.88 bits per heavy atom. The maximum Gasteiger partial charge on any atom is 0.336 e. The summed E-state index contributed by atoms with van der Waals surface area (Å²) in [6.45, 7) is 2.98. The van der Waals surface area contributed by atoms with Crippen LogP contribution < -0.4 is 0 Å². The predicted octanol–water partition coefficient (Wildman–Crippen LogP) is 1.11. The van der Waals surface area contributed by atoms with E-state index in [-0.39, 0.29) is 17.5 Å². The van der Waals surface area contributed by atoms with E-state index >= 15 is 0 Å². The molecule has 5 nitrogen and oxygen atoms in total. The van der Waals surface area contributed by atoms with Gasteiger partial charge in [-0.3, -0.25) is 0 Å². The molecule has 16 heavy (non-hydrogen) atoms. The van der Waals surface area contributed by atoms with Crippen LogP contribution in [0.1, 0.15) is 29.8 Å². The molecule has 0 saturated carbocycles. The first-order valence-electron chi connectivity index (χ1n) is 4.72. The van der Waals surface area contributed by atoms with Gasteiger partial charge in [-0.25, -0.2) is 4.79 Å². The molecule has 0 radical (unpaired) electrons. The van der Waals surface area contributed by atoms with E-state index in [2.05, 4.69) is 0 Å². The fourth-order valence-electron chi connectivity index (χ4n) is 1.44. The van der Waals surface area contributed by atoms with Crippen molar-refractivity contribution in [2.24, 2.45) is 0 Å². The van der Waals surface area contributed by atoms with Crippen molar-refractivity contribution in [1.29, 1.82) is 0 Å². The highest BCUT2D eigenvalue weighted by Crippen LogP contribution is 2.33. The van der Waals surface area contributed by atoms with Crippen molar-refractivity contribution >= 4 is 5.97 Å². The smallest absolute Gasteiger partial charge is 0.336 e. The van der Waals surface area contributed by atoms with Gasteiger partial charge in [0.1, 0.15) is 0 Å². The van der Waals surface area contributed by atoms with Gasteiger partial charge in [0.05, 0.1) is 11.2 Å². The van der Waals surface area contributed by atoms with Gasteiger partial charge >= 0.3 is 5.97 Å². The van der Waals surface area contributed by atoms with Gasteiger partial charge in [-0.05, 0) is 26.0 Å². The zero-order chi connectivity index (χ0) is 12.5. The van der Waals surface area contributed by atoms with Crippen molar-refractivity contribution in [2.75, 3.05) is 0 Å². The van der Waals surface area contributed by atoms with Crippen molar-refractivity contribution in [3.63, 3.8) is 0 Å². The number of hydrogen-bond donors (Lipinski definition) is 4. The van der Waals surface area contributed by atoms with Crippen LogP contribution in [0.15, 0.2) is 12.1 Å². The lowest BCUT2D eigenvalue weighted by molar-refractivity contribution is 0.0683. The number of aromatic hydroxyl groups is 2. The Bertz CT molecular complexity index is 417. The number of hydrogen-bond acceptors (Lipinski definition) is 4. The van der Waals surface area contributed by atoms with Crippen LogP contribution in [-0.4, -0.2) is 32.0 Å². The molecule has 0 saturated heterocycles. The summed E-state index contributed by atoms with van der Waals surface area (Å²) in [6.07, 6.45) is -0.0606. The summed E-state index contributed by atoms with van der Waals surface area (Å²) in [5, 5.41) is 37.4. The lowest BCUT2D eigenvalue weighted by atomic mass is 9.93. The Hall–Kier alpha value is -1.75. The normalized spacial score (nSPS) is 11.4. The minimum absolute atomic E-state index is 0.0278. The van der Waals surface area contributed by atoms with Gasteiger partial charge in [0.25, 0.3) is 0 Å². The fourth-order valence-corrected chi connectivity index (χ4v) is 1.44. The first-order valence-corrected chi connectivity index (χ1v) is 4.72. The van der Waals surface area contributed by atoms with Crippen LogP contribution in [0.2, 0.25) is 0 Å². The average Bonchev–Trinajstić information content (AvgIpc) is 2.10. The van der Waals surface area contributed by atoms with E-state index in [4.69, 9.17) is 5.11 Å². The summed E-state index contributed by atoms with van der Waals surface area (Å²) in [5.74, 6) is -2.11. The van der Waals surface area contributed by atoms with E-state index in [1.54, 1.807) is 0 Å². The topological polar surface area (TPSA) is 98.0 Å². The summed E-state index contributed by atoms with van der Waals surface area (Å²) >= 11 is 0. The molecule has 0 fully saturated rings. The number of phenolic OH excluding ortho intramolecular Hbond substituents is 2. The first kappa shape index (κ1) is 12.3. The minimum atomic E-state index is -1.21. The largest absolute Gasteiger partial charge is 0.504 e. The van der Waals surface area contributed by atoms with E-state index in [1.807, 2.05) is 0 Å². The molecule has 0 unspecified atom stereocenters. The van der Waals surface area contributed by atoms with Crippen molar-refractivity contribution in [3.8, 4) is 11.5 Å². The van der Waals surface area contributed by atoms with Crippen LogP contribution in [0.5, 0.6) is 11.5 Å². The third kappa shape index (κ3) is 2.64. The van der Waals surface area contributed by atoms with Crippen LogP contribution >= 0.6 is 0 Å². The standard InChI is InChI=1S/C11H14O5/c1-11(2,16)5-7-6(10(14)15)3-4-8(12)9(7)13/h3-4,12-13,16H,5H2,1-2H3,(H,14,15). The third-order valence-electron chi connectivity index (χ3n) is 2.10. The molecular weight excluding hydrogens is 212 g/mol. The highest BCUT2D eigenvalue weighted by molar-refractivity contribution is 5.90. The number of rotatable bonds is 3. The fraction of sp³-hybridized carbons (Fsp3) is 0.364. The summed E-state index contributed by atoms with van der Waals surface area (Å²) < 4.78 is 0. The Balaban J connectivity index is 3.32. The molecule has 1 aromatic carbocycles.